The lowest BCUT2D eigenvalue weighted by Crippen LogP contribution is -2.57. The first-order valence-electron chi connectivity index (χ1n) is 10.4. The van der Waals surface area contributed by atoms with Crippen molar-refractivity contribution in [3.05, 3.63) is 35.9 Å². The fourth-order valence-corrected chi connectivity index (χ4v) is 3.14. The van der Waals surface area contributed by atoms with Crippen molar-refractivity contribution < 1.29 is 44.1 Å². The van der Waals surface area contributed by atoms with E-state index in [1.807, 2.05) is 0 Å². The van der Waals surface area contributed by atoms with Gasteiger partial charge in [0, 0.05) is 12.2 Å². The van der Waals surface area contributed by atoms with Gasteiger partial charge in [-0.05, 0) is 18.4 Å². The van der Waals surface area contributed by atoms with Crippen LogP contribution in [-0.4, -0.2) is 80.9 Å². The summed E-state index contributed by atoms with van der Waals surface area (Å²) in [5.74, 6) is -7.36. The predicted molar refractivity (Wildman–Crippen MR) is 125 cm³/mol. The number of hydrogen-bond donors (Lipinski definition) is 8. The Kier molecular flexibility index (Phi) is 12.2. The summed E-state index contributed by atoms with van der Waals surface area (Å²) in [6, 6.07) is 3.07. The van der Waals surface area contributed by atoms with Crippen molar-refractivity contribution in [1.82, 2.24) is 16.0 Å². The van der Waals surface area contributed by atoms with Gasteiger partial charge in [0.25, 0.3) is 0 Å². The highest BCUT2D eigenvalue weighted by atomic mass is 32.1. The average molecular weight is 513 g/mol. The largest absolute Gasteiger partial charge is 0.481 e. The molecule has 3 amide bonds. The molecule has 0 aliphatic rings. The number of nitrogens with one attached hydrogen (secondary N) is 3. The van der Waals surface area contributed by atoms with Crippen LogP contribution in [0.25, 0.3) is 0 Å². The van der Waals surface area contributed by atoms with E-state index in [2.05, 4.69) is 28.6 Å². The Balaban J connectivity index is 2.97. The van der Waals surface area contributed by atoms with Crippen molar-refractivity contribution in [1.29, 1.82) is 0 Å². The van der Waals surface area contributed by atoms with Crippen LogP contribution in [0.4, 0.5) is 0 Å². The Morgan fingerprint density at radius 1 is 0.800 bits per heavy atom. The molecule has 35 heavy (non-hydrogen) atoms. The maximum absolute atomic E-state index is 12.8. The molecule has 1 aromatic carbocycles. The number of rotatable bonds is 15. The van der Waals surface area contributed by atoms with E-state index in [9.17, 15) is 28.8 Å². The highest BCUT2D eigenvalue weighted by molar-refractivity contribution is 7.80. The molecule has 0 saturated carbocycles. The van der Waals surface area contributed by atoms with E-state index in [4.69, 9.17) is 21.1 Å². The summed E-state index contributed by atoms with van der Waals surface area (Å²) in [5.41, 5.74) is 6.65. The second-order valence-electron chi connectivity index (χ2n) is 7.53. The molecule has 1 aromatic rings. The van der Waals surface area contributed by atoms with Crippen molar-refractivity contribution in [3.63, 3.8) is 0 Å². The molecule has 14 heteroatoms. The normalized spacial score (nSPS) is 14.0. The molecule has 4 unspecified atom stereocenters. The number of carbonyl (C=O) groups is 6. The monoisotopic (exact) mass is 512 g/mol. The van der Waals surface area contributed by atoms with Gasteiger partial charge in [-0.1, -0.05) is 30.3 Å². The predicted octanol–water partition coefficient (Wildman–Crippen LogP) is -1.64. The number of carboxylic acids is 3. The highest BCUT2D eigenvalue weighted by Crippen LogP contribution is 2.05. The number of carbonyl (C=O) groups excluding carboxylic acids is 3. The van der Waals surface area contributed by atoms with E-state index in [0.717, 1.165) is 5.56 Å². The third-order valence-corrected chi connectivity index (χ3v) is 5.09. The molecule has 1 rings (SSSR count). The molecule has 0 heterocycles. The van der Waals surface area contributed by atoms with Crippen LogP contribution in [0.5, 0.6) is 0 Å². The molecular formula is C21H28N4O9S. The third-order valence-electron chi connectivity index (χ3n) is 4.72. The van der Waals surface area contributed by atoms with Crippen LogP contribution < -0.4 is 21.7 Å². The molecule has 0 radical (unpaired) electrons. The maximum atomic E-state index is 12.8. The Morgan fingerprint density at radius 3 is 1.86 bits per heavy atom. The number of thiol groups is 1. The molecule has 0 aromatic heterocycles. The van der Waals surface area contributed by atoms with E-state index >= 15 is 0 Å². The van der Waals surface area contributed by atoms with Crippen molar-refractivity contribution in [2.45, 2.75) is 49.9 Å². The van der Waals surface area contributed by atoms with Crippen molar-refractivity contribution in [3.8, 4) is 0 Å². The molecule has 0 aliphatic carbocycles. The van der Waals surface area contributed by atoms with E-state index in [1.54, 1.807) is 30.3 Å². The number of nitrogens with two attached hydrogens (primary N) is 1. The second-order valence-corrected chi connectivity index (χ2v) is 7.90. The van der Waals surface area contributed by atoms with E-state index in [1.165, 1.54) is 0 Å². The van der Waals surface area contributed by atoms with Gasteiger partial charge in [0.1, 0.15) is 18.1 Å². The molecule has 13 nitrogen and oxygen atoms in total. The van der Waals surface area contributed by atoms with Gasteiger partial charge in [-0.25, -0.2) is 4.79 Å². The number of benzene rings is 1. The number of carboxylic acid groups (broad SMARTS) is 3. The zero-order chi connectivity index (χ0) is 26.5. The van der Waals surface area contributed by atoms with Crippen LogP contribution in [0.2, 0.25) is 0 Å². The van der Waals surface area contributed by atoms with Crippen molar-refractivity contribution in [2.75, 3.05) is 5.75 Å². The summed E-state index contributed by atoms with van der Waals surface area (Å²) in [5, 5.41) is 33.7. The van der Waals surface area contributed by atoms with E-state index < -0.39 is 72.6 Å². The summed E-state index contributed by atoms with van der Waals surface area (Å²) in [7, 11) is 0. The molecular weight excluding hydrogens is 484 g/mol. The van der Waals surface area contributed by atoms with Gasteiger partial charge in [-0.15, -0.1) is 0 Å². The van der Waals surface area contributed by atoms with Gasteiger partial charge in [0.15, 0.2) is 0 Å². The molecule has 4 atom stereocenters. The van der Waals surface area contributed by atoms with Gasteiger partial charge in [-0.3, -0.25) is 24.0 Å². The second kappa shape index (κ2) is 14.6. The lowest BCUT2D eigenvalue weighted by Gasteiger charge is -2.24. The first-order chi connectivity index (χ1) is 16.4. The smallest absolute Gasteiger partial charge is 0.327 e. The van der Waals surface area contributed by atoms with Crippen LogP contribution >= 0.6 is 12.6 Å². The Labute approximate surface area is 205 Å². The minimum atomic E-state index is -1.70. The third kappa shape index (κ3) is 10.9. The summed E-state index contributed by atoms with van der Waals surface area (Å²) in [6.07, 6.45) is -1.67. The molecule has 0 bridgehead atoms. The van der Waals surface area contributed by atoms with E-state index in [-0.39, 0.29) is 18.6 Å². The molecule has 0 saturated heterocycles. The maximum Gasteiger partial charge on any atom is 0.327 e. The summed E-state index contributed by atoms with van der Waals surface area (Å²) in [6.45, 7) is 0. The van der Waals surface area contributed by atoms with Gasteiger partial charge in [-0.2, -0.15) is 12.6 Å². The zero-order valence-electron chi connectivity index (χ0n) is 18.5. The molecule has 8 N–H and O–H groups in total. The standard InChI is InChI=1S/C21H28N4O9S/c22-12(8-11-4-2-1-3-5-11)18(30)23-13(6-7-16(26)27)19(31)24-14(9-17(28)29)20(32)25-15(10-35)21(33)34/h1-5,12-15,35H,6-10,22H2,(H,23,30)(H,24,31)(H,25,32)(H,26,27)(H,28,29)(H,33,34). The van der Waals surface area contributed by atoms with E-state index in [0.29, 0.717) is 0 Å². The Bertz CT molecular complexity index is 929. The highest BCUT2D eigenvalue weighted by Gasteiger charge is 2.31. The van der Waals surface area contributed by atoms with Crippen molar-refractivity contribution >= 4 is 48.3 Å². The minimum absolute atomic E-state index is 0.129. The van der Waals surface area contributed by atoms with Crippen LogP contribution in [0, 0.1) is 0 Å². The summed E-state index contributed by atoms with van der Waals surface area (Å²) >= 11 is 3.80. The summed E-state index contributed by atoms with van der Waals surface area (Å²) < 4.78 is 0. The summed E-state index contributed by atoms with van der Waals surface area (Å²) in [4.78, 5) is 71.1. The first kappa shape index (κ1) is 29.4. The average Bonchev–Trinajstić information content (AvgIpc) is 2.79. The van der Waals surface area contributed by atoms with Gasteiger partial charge in [0.05, 0.1) is 12.5 Å². The molecule has 0 spiro atoms. The fraction of sp³-hybridized carbons (Fsp3) is 0.429. The number of hydrogen-bond acceptors (Lipinski definition) is 8. The Morgan fingerprint density at radius 2 is 1.34 bits per heavy atom. The van der Waals surface area contributed by atoms with Gasteiger partial charge in [0.2, 0.25) is 17.7 Å². The van der Waals surface area contributed by atoms with Gasteiger partial charge >= 0.3 is 17.9 Å². The molecule has 0 fully saturated rings. The fourth-order valence-electron chi connectivity index (χ4n) is 2.89. The van der Waals surface area contributed by atoms with Gasteiger partial charge < -0.3 is 37.0 Å². The lowest BCUT2D eigenvalue weighted by molar-refractivity contribution is -0.143. The van der Waals surface area contributed by atoms with Crippen LogP contribution in [-0.2, 0) is 35.2 Å². The van der Waals surface area contributed by atoms with Crippen LogP contribution in [0.1, 0.15) is 24.8 Å². The zero-order valence-corrected chi connectivity index (χ0v) is 19.4. The van der Waals surface area contributed by atoms with Crippen LogP contribution in [0.3, 0.4) is 0 Å². The first-order valence-corrected chi connectivity index (χ1v) is 11.1. The Hall–Kier alpha value is -3.65. The topological polar surface area (TPSA) is 225 Å². The SMILES string of the molecule is NC(Cc1ccccc1)C(=O)NC(CCC(=O)O)C(=O)NC(CC(=O)O)C(=O)NC(CS)C(=O)O. The quantitative estimate of drug-likeness (QED) is 0.125. The lowest BCUT2D eigenvalue weighted by atomic mass is 10.0. The minimum Gasteiger partial charge on any atom is -0.481 e. The van der Waals surface area contributed by atoms with Crippen molar-refractivity contribution in [2.24, 2.45) is 5.73 Å². The number of aliphatic carboxylic acids is 3. The number of amides is 3. The molecule has 192 valence electrons. The molecule has 0 aliphatic heterocycles. The van der Waals surface area contributed by atoms with Crippen LogP contribution in [0.15, 0.2) is 30.3 Å².